The van der Waals surface area contributed by atoms with Crippen molar-refractivity contribution in [3.63, 3.8) is 0 Å². The van der Waals surface area contributed by atoms with E-state index in [2.05, 4.69) is 10.2 Å². The topological polar surface area (TPSA) is 91.7 Å². The molecule has 2 aromatic rings. The van der Waals surface area contributed by atoms with Gasteiger partial charge in [-0.15, -0.1) is 24.8 Å². The van der Waals surface area contributed by atoms with Crippen molar-refractivity contribution in [3.05, 3.63) is 47.9 Å². The number of para-hydroxylation sites is 2. The minimum absolute atomic E-state index is 0. The van der Waals surface area contributed by atoms with E-state index in [1.54, 1.807) is 6.07 Å². The monoisotopic (exact) mass is 387 g/mol. The number of furan rings is 1. The van der Waals surface area contributed by atoms with Crippen LogP contribution >= 0.6 is 24.8 Å². The van der Waals surface area contributed by atoms with Crippen LogP contribution in [0.2, 0.25) is 0 Å². The SMILES string of the molecule is Cl.Cl.NCc1cc(C(=O)Nc2ccccc2N2CCC(O)CC2)co1. The molecular formula is C17H23Cl2N3O3. The van der Waals surface area contributed by atoms with E-state index >= 15 is 0 Å². The van der Waals surface area contributed by atoms with Crippen molar-refractivity contribution in [1.29, 1.82) is 0 Å². The number of amides is 1. The van der Waals surface area contributed by atoms with E-state index in [1.807, 2.05) is 24.3 Å². The maximum absolute atomic E-state index is 12.4. The van der Waals surface area contributed by atoms with Crippen LogP contribution in [0.5, 0.6) is 0 Å². The van der Waals surface area contributed by atoms with Gasteiger partial charge in [0.05, 0.1) is 29.6 Å². The van der Waals surface area contributed by atoms with Crippen molar-refractivity contribution < 1.29 is 14.3 Å². The molecule has 1 amide bonds. The molecule has 8 heteroatoms. The Morgan fingerprint density at radius 2 is 1.96 bits per heavy atom. The number of carbonyl (C=O) groups excluding carboxylic acids is 1. The summed E-state index contributed by atoms with van der Waals surface area (Å²) in [4.78, 5) is 14.5. The molecule has 6 nitrogen and oxygen atoms in total. The molecule has 4 N–H and O–H groups in total. The molecule has 0 atom stereocenters. The van der Waals surface area contributed by atoms with Crippen LogP contribution in [0.15, 0.2) is 41.0 Å². The molecular weight excluding hydrogens is 365 g/mol. The first-order chi connectivity index (χ1) is 11.2. The van der Waals surface area contributed by atoms with Gasteiger partial charge in [-0.05, 0) is 31.0 Å². The summed E-state index contributed by atoms with van der Waals surface area (Å²) in [5.41, 5.74) is 7.67. The van der Waals surface area contributed by atoms with Crippen molar-refractivity contribution in [3.8, 4) is 0 Å². The third-order valence-electron chi connectivity index (χ3n) is 4.07. The largest absolute Gasteiger partial charge is 0.467 e. The average Bonchev–Trinajstić information content (AvgIpc) is 3.05. The molecule has 0 unspecified atom stereocenters. The summed E-state index contributed by atoms with van der Waals surface area (Å²) in [6.45, 7) is 1.81. The second-order valence-corrected chi connectivity index (χ2v) is 5.70. The highest BCUT2D eigenvalue weighted by Gasteiger charge is 2.20. The molecule has 3 rings (SSSR count). The summed E-state index contributed by atoms with van der Waals surface area (Å²) >= 11 is 0. The number of aliphatic hydroxyl groups excluding tert-OH is 1. The Kier molecular flexibility index (Phi) is 8.25. The smallest absolute Gasteiger partial charge is 0.258 e. The standard InChI is InChI=1S/C17H21N3O3.2ClH/c18-10-14-9-12(11-23-14)17(22)19-15-3-1-2-4-16(15)20-7-5-13(21)6-8-20;;/h1-4,9,11,13,21H,5-8,10,18H2,(H,19,22);2*1H. The second-order valence-electron chi connectivity index (χ2n) is 5.70. The van der Waals surface area contributed by atoms with E-state index in [4.69, 9.17) is 10.2 Å². The number of rotatable bonds is 4. The first-order valence-corrected chi connectivity index (χ1v) is 7.78. The predicted octanol–water partition coefficient (Wildman–Crippen LogP) is 2.80. The first kappa shape index (κ1) is 21.3. The fourth-order valence-corrected chi connectivity index (χ4v) is 2.76. The van der Waals surface area contributed by atoms with Gasteiger partial charge in [0.1, 0.15) is 12.0 Å². The number of aliphatic hydroxyl groups is 1. The van der Waals surface area contributed by atoms with Crippen molar-refractivity contribution >= 4 is 42.1 Å². The lowest BCUT2D eigenvalue weighted by Crippen LogP contribution is -2.36. The molecule has 0 bridgehead atoms. The summed E-state index contributed by atoms with van der Waals surface area (Å²) in [5, 5.41) is 12.6. The van der Waals surface area contributed by atoms with E-state index in [0.29, 0.717) is 11.3 Å². The number of carbonyl (C=O) groups is 1. The molecule has 0 saturated carbocycles. The molecule has 2 heterocycles. The molecule has 0 radical (unpaired) electrons. The number of nitrogens with one attached hydrogen (secondary N) is 1. The number of hydrogen-bond acceptors (Lipinski definition) is 5. The number of anilines is 2. The van der Waals surface area contributed by atoms with Crippen molar-refractivity contribution in [2.45, 2.75) is 25.5 Å². The van der Waals surface area contributed by atoms with Crippen molar-refractivity contribution in [2.24, 2.45) is 5.73 Å². The van der Waals surface area contributed by atoms with Crippen molar-refractivity contribution in [2.75, 3.05) is 23.3 Å². The summed E-state index contributed by atoms with van der Waals surface area (Å²) in [6, 6.07) is 9.34. The van der Waals surface area contributed by atoms with Gasteiger partial charge in [-0.25, -0.2) is 0 Å². The molecule has 138 valence electrons. The Morgan fingerprint density at radius 3 is 2.60 bits per heavy atom. The van der Waals surface area contributed by atoms with Crippen LogP contribution in [0.25, 0.3) is 0 Å². The minimum Gasteiger partial charge on any atom is -0.467 e. The molecule has 0 spiro atoms. The van der Waals surface area contributed by atoms with E-state index in [9.17, 15) is 9.90 Å². The van der Waals surface area contributed by atoms with E-state index in [0.717, 1.165) is 37.3 Å². The number of halogens is 2. The Balaban J connectivity index is 0.00000156. The zero-order valence-electron chi connectivity index (χ0n) is 13.7. The normalized spacial score (nSPS) is 14.4. The van der Waals surface area contributed by atoms with E-state index in [1.165, 1.54) is 6.26 Å². The van der Waals surface area contributed by atoms with Crippen LogP contribution in [0.4, 0.5) is 11.4 Å². The lowest BCUT2D eigenvalue weighted by atomic mass is 10.1. The summed E-state index contributed by atoms with van der Waals surface area (Å²) in [7, 11) is 0. The quantitative estimate of drug-likeness (QED) is 0.749. The lowest BCUT2D eigenvalue weighted by molar-refractivity contribution is 0.102. The van der Waals surface area contributed by atoms with Crippen LogP contribution < -0.4 is 16.0 Å². The Bertz CT molecular complexity index is 685. The zero-order chi connectivity index (χ0) is 16.2. The van der Waals surface area contributed by atoms with E-state index in [-0.39, 0.29) is 43.4 Å². The highest BCUT2D eigenvalue weighted by molar-refractivity contribution is 6.05. The van der Waals surface area contributed by atoms with Crippen molar-refractivity contribution in [1.82, 2.24) is 0 Å². The third-order valence-corrected chi connectivity index (χ3v) is 4.07. The highest BCUT2D eigenvalue weighted by atomic mass is 35.5. The summed E-state index contributed by atoms with van der Waals surface area (Å²) in [5.74, 6) is 0.353. The predicted molar refractivity (Wildman–Crippen MR) is 103 cm³/mol. The Hall–Kier alpha value is -1.73. The molecule has 1 aromatic heterocycles. The Labute approximate surface area is 159 Å². The number of benzene rings is 1. The maximum atomic E-state index is 12.4. The van der Waals surface area contributed by atoms with Gasteiger partial charge in [-0.2, -0.15) is 0 Å². The maximum Gasteiger partial charge on any atom is 0.258 e. The molecule has 1 aromatic carbocycles. The van der Waals surface area contributed by atoms with Gasteiger partial charge >= 0.3 is 0 Å². The molecule has 1 aliphatic heterocycles. The first-order valence-electron chi connectivity index (χ1n) is 7.78. The number of hydrogen-bond donors (Lipinski definition) is 3. The fourth-order valence-electron chi connectivity index (χ4n) is 2.76. The summed E-state index contributed by atoms with van der Waals surface area (Å²) in [6.07, 6.45) is 2.67. The molecule has 25 heavy (non-hydrogen) atoms. The number of piperidine rings is 1. The fraction of sp³-hybridized carbons (Fsp3) is 0.353. The van der Waals surface area contributed by atoms with Crippen LogP contribution in [0.1, 0.15) is 29.0 Å². The zero-order valence-corrected chi connectivity index (χ0v) is 15.3. The average molecular weight is 388 g/mol. The third kappa shape index (κ3) is 5.12. The van der Waals surface area contributed by atoms with Crippen LogP contribution in [-0.2, 0) is 6.54 Å². The lowest BCUT2D eigenvalue weighted by Gasteiger charge is -2.32. The molecule has 1 fully saturated rings. The van der Waals surface area contributed by atoms with Gasteiger partial charge in [0.2, 0.25) is 0 Å². The van der Waals surface area contributed by atoms with E-state index < -0.39 is 0 Å². The van der Waals surface area contributed by atoms with Gasteiger partial charge in [0.25, 0.3) is 5.91 Å². The van der Waals surface area contributed by atoms with Crippen LogP contribution in [0, 0.1) is 0 Å². The highest BCUT2D eigenvalue weighted by Crippen LogP contribution is 2.28. The molecule has 1 saturated heterocycles. The number of nitrogens with two attached hydrogens (primary N) is 1. The van der Waals surface area contributed by atoms with Gasteiger partial charge in [-0.3, -0.25) is 4.79 Å². The summed E-state index contributed by atoms with van der Waals surface area (Å²) < 4.78 is 5.21. The van der Waals surface area contributed by atoms with Gasteiger partial charge < -0.3 is 25.5 Å². The Morgan fingerprint density at radius 1 is 1.28 bits per heavy atom. The van der Waals surface area contributed by atoms with Crippen LogP contribution in [0.3, 0.4) is 0 Å². The minimum atomic E-state index is -0.228. The molecule has 0 aliphatic carbocycles. The molecule has 1 aliphatic rings. The second kappa shape index (κ2) is 9.68. The number of nitrogens with zero attached hydrogens (tertiary/aromatic N) is 1. The van der Waals surface area contributed by atoms with Crippen LogP contribution in [-0.4, -0.2) is 30.2 Å². The van der Waals surface area contributed by atoms with Gasteiger partial charge in [0, 0.05) is 13.1 Å². The van der Waals surface area contributed by atoms with Gasteiger partial charge in [-0.1, -0.05) is 12.1 Å². The van der Waals surface area contributed by atoms with Gasteiger partial charge in [0.15, 0.2) is 0 Å².